The van der Waals surface area contributed by atoms with Crippen LogP contribution in [0.4, 0.5) is 5.82 Å². The number of fused-ring (bicyclic) bond motifs is 1. The van der Waals surface area contributed by atoms with Crippen molar-refractivity contribution in [2.24, 2.45) is 5.92 Å². The first-order valence-electron chi connectivity index (χ1n) is 6.09. The summed E-state index contributed by atoms with van der Waals surface area (Å²) < 4.78 is 7.11. The maximum Gasteiger partial charge on any atom is 0.151 e. The summed E-state index contributed by atoms with van der Waals surface area (Å²) in [5, 5.41) is 32.4. The summed E-state index contributed by atoms with van der Waals surface area (Å²) in [6.07, 6.45) is -1.19. The maximum absolute atomic E-state index is 9.97. The summed E-state index contributed by atoms with van der Waals surface area (Å²) in [7, 11) is 0. The first-order valence-corrected chi connectivity index (χ1v) is 6.09. The average Bonchev–Trinajstić information content (AvgIpc) is 3.00. The van der Waals surface area contributed by atoms with Gasteiger partial charge in [0.15, 0.2) is 5.82 Å². The van der Waals surface area contributed by atoms with Crippen LogP contribution in [0.3, 0.4) is 0 Å². The predicted octanol–water partition coefficient (Wildman–Crippen LogP) is -0.756. The molecule has 3 heterocycles. The van der Waals surface area contributed by atoms with Gasteiger partial charge in [-0.2, -0.15) is 10.4 Å². The van der Waals surface area contributed by atoms with E-state index in [4.69, 9.17) is 10.5 Å². The van der Waals surface area contributed by atoms with E-state index < -0.39 is 24.2 Å². The zero-order valence-electron chi connectivity index (χ0n) is 10.4. The molecule has 3 rings (SSSR count). The summed E-state index contributed by atoms with van der Waals surface area (Å²) in [5.41, 5.74) is 6.94. The number of nitrogen functional groups attached to an aromatic ring is 1. The molecular weight excluding hydrogens is 262 g/mol. The number of rotatable bonds is 2. The smallest absolute Gasteiger partial charge is 0.151 e. The van der Waals surface area contributed by atoms with E-state index in [2.05, 4.69) is 10.1 Å². The summed E-state index contributed by atoms with van der Waals surface area (Å²) in [5.74, 6) is -0.460. The first kappa shape index (κ1) is 12.8. The molecule has 0 unspecified atom stereocenters. The molecule has 4 atom stereocenters. The number of ether oxygens (including phenoxy) is 1. The Labute approximate surface area is 114 Å². The van der Waals surface area contributed by atoms with Crippen LogP contribution in [0.1, 0.15) is 11.8 Å². The van der Waals surface area contributed by atoms with Gasteiger partial charge in [-0.1, -0.05) is 0 Å². The van der Waals surface area contributed by atoms with E-state index >= 15 is 0 Å². The van der Waals surface area contributed by atoms with Crippen LogP contribution in [0, 0.1) is 17.2 Å². The Morgan fingerprint density at radius 1 is 1.50 bits per heavy atom. The van der Waals surface area contributed by atoms with E-state index in [0.29, 0.717) is 17.0 Å². The number of aromatic nitrogens is 3. The van der Waals surface area contributed by atoms with Crippen LogP contribution in [-0.4, -0.2) is 43.6 Å². The second-order valence-corrected chi connectivity index (χ2v) is 4.62. The summed E-state index contributed by atoms with van der Waals surface area (Å²) in [4.78, 5) is 3.88. The summed E-state index contributed by atoms with van der Waals surface area (Å²) in [6.45, 7) is -0.351. The van der Waals surface area contributed by atoms with Gasteiger partial charge >= 0.3 is 0 Å². The number of nitrogens with zero attached hydrogens (tertiary/aromatic N) is 4. The zero-order valence-corrected chi connectivity index (χ0v) is 10.4. The highest BCUT2D eigenvalue weighted by Gasteiger charge is 2.45. The minimum absolute atomic E-state index is 0.317. The monoisotopic (exact) mass is 275 g/mol. The predicted molar refractivity (Wildman–Crippen MR) is 67.2 cm³/mol. The number of hydrogen-bond acceptors (Lipinski definition) is 7. The second-order valence-electron chi connectivity index (χ2n) is 4.62. The van der Waals surface area contributed by atoms with Crippen molar-refractivity contribution in [3.05, 3.63) is 24.2 Å². The third-order valence-corrected chi connectivity index (χ3v) is 3.53. The molecule has 2 aromatic rings. The van der Waals surface area contributed by atoms with Crippen molar-refractivity contribution >= 4 is 11.3 Å². The van der Waals surface area contributed by atoms with Crippen LogP contribution in [-0.2, 0) is 4.74 Å². The number of hydrogen-bond donors (Lipinski definition) is 3. The van der Waals surface area contributed by atoms with Gasteiger partial charge in [-0.15, -0.1) is 0 Å². The average molecular weight is 275 g/mol. The molecule has 0 aromatic carbocycles. The Morgan fingerprint density at radius 3 is 3.00 bits per heavy atom. The van der Waals surface area contributed by atoms with Gasteiger partial charge < -0.3 is 20.7 Å². The largest absolute Gasteiger partial charge is 0.394 e. The normalized spacial score (nSPS) is 29.6. The van der Waals surface area contributed by atoms with Crippen LogP contribution < -0.4 is 5.73 Å². The van der Waals surface area contributed by atoms with Gasteiger partial charge in [0.25, 0.3) is 0 Å². The van der Waals surface area contributed by atoms with Crippen molar-refractivity contribution in [2.45, 2.75) is 18.3 Å². The third-order valence-electron chi connectivity index (χ3n) is 3.53. The van der Waals surface area contributed by atoms with Crippen LogP contribution in [0.25, 0.3) is 5.52 Å². The molecule has 2 aromatic heterocycles. The highest BCUT2D eigenvalue weighted by Crippen LogP contribution is 2.38. The highest BCUT2D eigenvalue weighted by molar-refractivity contribution is 5.65. The van der Waals surface area contributed by atoms with Crippen LogP contribution >= 0.6 is 0 Å². The van der Waals surface area contributed by atoms with Gasteiger partial charge in [-0.25, -0.2) is 9.50 Å². The number of aliphatic hydroxyl groups excluding tert-OH is 2. The summed E-state index contributed by atoms with van der Waals surface area (Å²) >= 11 is 0. The zero-order chi connectivity index (χ0) is 14.3. The molecule has 0 saturated carbocycles. The molecule has 104 valence electrons. The lowest BCUT2D eigenvalue weighted by Crippen LogP contribution is -2.28. The van der Waals surface area contributed by atoms with Gasteiger partial charge in [0.05, 0.1) is 18.4 Å². The lowest BCUT2D eigenvalue weighted by molar-refractivity contribution is -0.0240. The number of nitriles is 1. The van der Waals surface area contributed by atoms with Gasteiger partial charge in [-0.05, 0) is 12.1 Å². The molecule has 1 aliphatic rings. The van der Waals surface area contributed by atoms with Crippen molar-refractivity contribution in [1.82, 2.24) is 14.6 Å². The molecule has 1 saturated heterocycles. The van der Waals surface area contributed by atoms with E-state index in [-0.39, 0.29) is 6.61 Å². The number of anilines is 1. The quantitative estimate of drug-likeness (QED) is 0.657. The third kappa shape index (κ3) is 1.72. The molecule has 4 N–H and O–H groups in total. The van der Waals surface area contributed by atoms with E-state index in [9.17, 15) is 15.5 Å². The highest BCUT2D eigenvalue weighted by atomic mass is 16.5. The van der Waals surface area contributed by atoms with E-state index in [0.717, 1.165) is 0 Å². The topological polar surface area (TPSA) is 130 Å². The fraction of sp³-hybridized carbons (Fsp3) is 0.417. The Kier molecular flexibility index (Phi) is 3.02. The SMILES string of the molecule is N#C[C@@H]1[C@H](O)[C@@H](CO)O[C@H]1c1ccc2c(N)ncnn12. The minimum Gasteiger partial charge on any atom is -0.394 e. The number of aliphatic hydroxyl groups is 2. The van der Waals surface area contributed by atoms with Crippen LogP contribution in [0.2, 0.25) is 0 Å². The van der Waals surface area contributed by atoms with Gasteiger partial charge in [0.2, 0.25) is 0 Å². The van der Waals surface area contributed by atoms with Gasteiger partial charge in [0, 0.05) is 0 Å². The van der Waals surface area contributed by atoms with E-state index in [1.54, 1.807) is 12.1 Å². The molecule has 0 aliphatic carbocycles. The Hall–Kier alpha value is -2.21. The lowest BCUT2D eigenvalue weighted by Gasteiger charge is -2.13. The molecule has 0 bridgehead atoms. The summed E-state index contributed by atoms with van der Waals surface area (Å²) in [6, 6.07) is 5.47. The van der Waals surface area contributed by atoms with Crippen molar-refractivity contribution in [2.75, 3.05) is 12.3 Å². The molecule has 0 amide bonds. The van der Waals surface area contributed by atoms with Crippen LogP contribution in [0.15, 0.2) is 18.5 Å². The van der Waals surface area contributed by atoms with Crippen molar-refractivity contribution < 1.29 is 14.9 Å². The molecule has 20 heavy (non-hydrogen) atoms. The number of nitrogens with two attached hydrogens (primary N) is 1. The Morgan fingerprint density at radius 2 is 2.30 bits per heavy atom. The lowest BCUT2D eigenvalue weighted by atomic mass is 9.96. The van der Waals surface area contributed by atoms with E-state index in [1.165, 1.54) is 10.8 Å². The molecule has 8 heteroatoms. The molecule has 1 aliphatic heterocycles. The Bertz CT molecular complexity index is 679. The fourth-order valence-corrected chi connectivity index (χ4v) is 2.50. The minimum atomic E-state index is -1.04. The maximum atomic E-state index is 9.97. The molecule has 8 nitrogen and oxygen atoms in total. The van der Waals surface area contributed by atoms with Gasteiger partial charge in [-0.3, -0.25) is 0 Å². The molecule has 0 radical (unpaired) electrons. The van der Waals surface area contributed by atoms with Crippen molar-refractivity contribution in [3.63, 3.8) is 0 Å². The van der Waals surface area contributed by atoms with Crippen molar-refractivity contribution in [3.8, 4) is 6.07 Å². The Balaban J connectivity index is 2.07. The van der Waals surface area contributed by atoms with Crippen LogP contribution in [0.5, 0.6) is 0 Å². The molecule has 1 fully saturated rings. The standard InChI is InChI=1S/C12H13N5O3/c13-3-6-10(19)9(4-18)20-11(6)7-1-2-8-12(14)15-5-16-17(7)8/h1-2,5-6,9-11,18-19H,4H2,(H2,14,15,16)/t6-,9-,10+,11-/m1/s1. The molecule has 0 spiro atoms. The van der Waals surface area contributed by atoms with E-state index in [1.807, 2.05) is 6.07 Å². The molecular formula is C12H13N5O3. The second kappa shape index (κ2) is 4.72. The van der Waals surface area contributed by atoms with Gasteiger partial charge in [0.1, 0.15) is 36.1 Å². The first-order chi connectivity index (χ1) is 9.67. The van der Waals surface area contributed by atoms with Crippen molar-refractivity contribution in [1.29, 1.82) is 5.26 Å². The fourth-order valence-electron chi connectivity index (χ4n) is 2.50.